The lowest BCUT2D eigenvalue weighted by atomic mass is 10.1. The minimum Gasteiger partial charge on any atom is -0.493 e. The molecular formula is C77H84F3O7S3+3. The number of esters is 2. The first-order chi connectivity index (χ1) is 43.2. The fourth-order valence-electron chi connectivity index (χ4n) is 9.99. The lowest BCUT2D eigenvalue weighted by Gasteiger charge is -2.20. The van der Waals surface area contributed by atoms with Gasteiger partial charge in [-0.15, -0.1) is 0 Å². The maximum Gasteiger partial charge on any atom is 0.392 e. The van der Waals surface area contributed by atoms with Crippen molar-refractivity contribution in [1.29, 1.82) is 0 Å². The number of hydrogen-bond donors (Lipinski definition) is 0. The molecule has 0 bridgehead atoms. The second-order valence-electron chi connectivity index (χ2n) is 22.6. The van der Waals surface area contributed by atoms with Gasteiger partial charge in [-0.1, -0.05) is 135 Å². The van der Waals surface area contributed by atoms with Crippen LogP contribution < -0.4 is 14.2 Å². The zero-order valence-electron chi connectivity index (χ0n) is 53.4. The highest BCUT2D eigenvalue weighted by Crippen LogP contribution is 2.39. The average molecular weight is 1270 g/mol. The van der Waals surface area contributed by atoms with Crippen LogP contribution in [0, 0.1) is 41.5 Å². The highest BCUT2D eigenvalue weighted by molar-refractivity contribution is 7.97. The molecule has 0 aliphatic carbocycles. The van der Waals surface area contributed by atoms with Gasteiger partial charge in [-0.25, -0.2) is 9.59 Å². The number of aryl methyl sites for hydroxylation is 6. The Kier molecular flexibility index (Phi) is 26.6. The third kappa shape index (κ3) is 21.4. The quantitative estimate of drug-likeness (QED) is 0.0359. The summed E-state index contributed by atoms with van der Waals surface area (Å²) >= 11 is 0. The lowest BCUT2D eigenvalue weighted by Crippen LogP contribution is -2.27. The van der Waals surface area contributed by atoms with E-state index in [-0.39, 0.29) is 45.3 Å². The van der Waals surface area contributed by atoms with Crippen LogP contribution in [0.1, 0.15) is 93.2 Å². The predicted octanol–water partition coefficient (Wildman–Crippen LogP) is 19.8. The molecule has 13 heteroatoms. The molecule has 0 fully saturated rings. The van der Waals surface area contributed by atoms with Crippen molar-refractivity contribution in [2.24, 2.45) is 0 Å². The molecule has 0 aliphatic rings. The van der Waals surface area contributed by atoms with E-state index in [0.717, 1.165) is 51.7 Å². The largest absolute Gasteiger partial charge is 0.493 e. The number of benzene rings is 9. The molecule has 9 aromatic rings. The van der Waals surface area contributed by atoms with E-state index in [1.54, 1.807) is 0 Å². The number of alkyl halides is 3. The van der Waals surface area contributed by atoms with Crippen LogP contribution in [0.4, 0.5) is 13.2 Å². The Morgan fingerprint density at radius 3 is 0.911 bits per heavy atom. The molecule has 0 radical (unpaired) electrons. The number of halogens is 3. The van der Waals surface area contributed by atoms with Crippen molar-refractivity contribution in [2.75, 3.05) is 26.4 Å². The summed E-state index contributed by atoms with van der Waals surface area (Å²) in [6.45, 7) is 19.5. The summed E-state index contributed by atoms with van der Waals surface area (Å²) in [5, 5.41) is 0. The van der Waals surface area contributed by atoms with Crippen LogP contribution in [0.25, 0.3) is 0 Å². The summed E-state index contributed by atoms with van der Waals surface area (Å²) in [6, 6.07) is 76.2. The van der Waals surface area contributed by atoms with Gasteiger partial charge in [0, 0.05) is 36.4 Å². The van der Waals surface area contributed by atoms with Gasteiger partial charge in [0.15, 0.2) is 57.3 Å². The van der Waals surface area contributed by atoms with Crippen LogP contribution in [-0.4, -0.2) is 50.1 Å². The van der Waals surface area contributed by atoms with Gasteiger partial charge < -0.3 is 23.7 Å². The van der Waals surface area contributed by atoms with Crippen LogP contribution in [0.15, 0.2) is 262 Å². The number of carbonyl (C=O) groups is 2. The molecule has 0 amide bonds. The zero-order chi connectivity index (χ0) is 64.6. The molecule has 0 saturated carbocycles. The van der Waals surface area contributed by atoms with E-state index in [0.29, 0.717) is 5.75 Å². The van der Waals surface area contributed by atoms with Gasteiger partial charge in [-0.3, -0.25) is 0 Å². The van der Waals surface area contributed by atoms with Crippen molar-refractivity contribution < 1.29 is 46.4 Å². The van der Waals surface area contributed by atoms with Gasteiger partial charge >= 0.3 is 18.1 Å². The normalized spacial score (nSPS) is 11.3. The van der Waals surface area contributed by atoms with Crippen LogP contribution in [0.3, 0.4) is 0 Å². The maximum absolute atomic E-state index is 12.2. The van der Waals surface area contributed by atoms with Crippen molar-refractivity contribution in [1.82, 2.24) is 0 Å². The Bertz CT molecular complexity index is 3470. The van der Waals surface area contributed by atoms with Crippen LogP contribution in [0.2, 0.25) is 0 Å². The summed E-state index contributed by atoms with van der Waals surface area (Å²) in [7, 11) is -0.649. The van der Waals surface area contributed by atoms with Gasteiger partial charge in [0.25, 0.3) is 0 Å². The molecule has 0 heterocycles. The average Bonchev–Trinajstić information content (AvgIpc) is 1.04. The second-order valence-corrected chi connectivity index (χ2v) is 28.7. The number of ether oxygens (including phenoxy) is 5. The van der Waals surface area contributed by atoms with E-state index in [1.165, 1.54) is 69.6 Å². The predicted molar refractivity (Wildman–Crippen MR) is 361 cm³/mol. The molecule has 0 saturated heterocycles. The molecule has 0 aromatic heterocycles. The van der Waals surface area contributed by atoms with E-state index in [1.807, 2.05) is 109 Å². The van der Waals surface area contributed by atoms with E-state index >= 15 is 0 Å². The Labute approximate surface area is 540 Å². The Morgan fingerprint density at radius 1 is 0.367 bits per heavy atom. The monoisotopic (exact) mass is 1270 g/mol. The second kappa shape index (κ2) is 34.4. The Hall–Kier alpha value is -7.84. The highest BCUT2D eigenvalue weighted by atomic mass is 32.2. The van der Waals surface area contributed by atoms with Crippen molar-refractivity contribution in [3.8, 4) is 17.2 Å². The number of hydrogen-bond acceptors (Lipinski definition) is 7. The van der Waals surface area contributed by atoms with Crippen molar-refractivity contribution in [3.63, 3.8) is 0 Å². The van der Waals surface area contributed by atoms with Crippen molar-refractivity contribution in [3.05, 3.63) is 252 Å². The molecule has 0 spiro atoms. The van der Waals surface area contributed by atoms with Gasteiger partial charge in [0.2, 0.25) is 0 Å². The van der Waals surface area contributed by atoms with Crippen LogP contribution >= 0.6 is 0 Å². The van der Waals surface area contributed by atoms with E-state index in [2.05, 4.69) is 183 Å². The van der Waals surface area contributed by atoms with Gasteiger partial charge in [-0.05, 0) is 175 Å². The fourth-order valence-corrected chi connectivity index (χ4v) is 16.8. The molecule has 7 nitrogen and oxygen atoms in total. The zero-order valence-corrected chi connectivity index (χ0v) is 55.8. The Morgan fingerprint density at radius 2 is 0.644 bits per heavy atom. The first-order valence-corrected chi connectivity index (χ1v) is 34.1. The molecule has 0 unspecified atom stereocenters. The number of rotatable bonds is 23. The van der Waals surface area contributed by atoms with Gasteiger partial charge in [0.05, 0.1) is 45.7 Å². The third-order valence-corrected chi connectivity index (χ3v) is 20.4. The summed E-state index contributed by atoms with van der Waals surface area (Å²) in [6.07, 6.45) is -0.609. The Balaban J connectivity index is 0.000000192. The minimum absolute atomic E-state index is 0.0959. The van der Waals surface area contributed by atoms with Gasteiger partial charge in [0.1, 0.15) is 29.5 Å². The molecule has 0 aliphatic heterocycles. The fraction of sp³-hybridized carbons (Fsp3) is 0.273. The first-order valence-electron chi connectivity index (χ1n) is 30.4. The molecule has 9 rings (SSSR count). The highest BCUT2D eigenvalue weighted by Gasteiger charge is 2.33. The first kappa shape index (κ1) is 69.6. The lowest BCUT2D eigenvalue weighted by molar-refractivity contribution is -0.160. The molecule has 9 aromatic carbocycles. The summed E-state index contributed by atoms with van der Waals surface area (Å²) < 4.78 is 64.2. The SMILES string of the molecule is CCCCCCOc1c(C)cc([S+](c2ccccc2)c2ccccc2)cc1C.Cc1cc([S+](c2ccccc2)c2ccccc2)cc(C)c1OCC(=O)OC(C)(C)C.Cc1cc([S+](c2ccccc2)c2ccccc2)cc(C)c1OCC(=O)OCCC(F)(F)F. The molecule has 0 N–H and O–H groups in total. The van der Waals surface area contributed by atoms with Crippen LogP contribution in [0.5, 0.6) is 17.2 Å². The van der Waals surface area contributed by atoms with E-state index in [4.69, 9.17) is 18.9 Å². The summed E-state index contributed by atoms with van der Waals surface area (Å²) in [5.41, 5.74) is 5.65. The smallest absolute Gasteiger partial charge is 0.392 e. The third-order valence-electron chi connectivity index (χ3n) is 13.9. The molecular weight excluding hydrogens is 1190 g/mol. The van der Waals surface area contributed by atoms with Crippen molar-refractivity contribution in [2.45, 2.75) is 157 Å². The molecule has 0 atom stereocenters. The molecule has 470 valence electrons. The standard InChI is InChI=1S/C26H29O3S.C26H31OS.C25H24F3O3S/c1-19-16-23(17-20(2)25(19)28-18-24(27)29-26(3,4)5)30(21-12-8-6-9-13-21)22-14-10-7-11-15-22;1-4-5-6-13-18-27-26-21(2)19-25(20-22(26)3)28(23-14-9-7-10-15-23)24-16-11-8-12-17-24;1-18-15-22(32(20-9-5-3-6-10-20)21-11-7-4-8-12-21)16-19(2)24(18)31-17-23(29)30-14-13-25(26,27)28/h6-17H,18H2,1-5H3;7-12,14-17,19-20H,4-6,13,18H2,1-3H3;3-12,15-16H,13-14,17H2,1-2H3/q3*+1. The minimum atomic E-state index is -4.36. The summed E-state index contributed by atoms with van der Waals surface area (Å²) in [4.78, 5) is 35.1. The number of unbranched alkanes of at least 4 members (excludes halogenated alkanes) is 3. The number of carbonyl (C=O) groups excluding carboxylic acids is 2. The topological polar surface area (TPSA) is 80.3 Å². The van der Waals surface area contributed by atoms with E-state index < -0.39 is 37.4 Å². The van der Waals surface area contributed by atoms with E-state index in [9.17, 15) is 22.8 Å². The van der Waals surface area contributed by atoms with Gasteiger partial charge in [-0.2, -0.15) is 13.2 Å². The molecule has 90 heavy (non-hydrogen) atoms. The van der Waals surface area contributed by atoms with Crippen LogP contribution in [-0.2, 0) is 51.7 Å². The summed E-state index contributed by atoms with van der Waals surface area (Å²) in [5.74, 6) is 1.15. The maximum atomic E-state index is 12.2. The van der Waals surface area contributed by atoms with Crippen molar-refractivity contribution >= 4 is 44.6 Å².